The third-order valence-corrected chi connectivity index (χ3v) is 5.23. The molecular weight excluding hydrogens is 372 g/mol. The molecule has 0 aliphatic carbocycles. The fraction of sp³-hybridized carbons (Fsp3) is 0.500. The molecule has 0 aliphatic heterocycles. The van der Waals surface area contributed by atoms with Gasteiger partial charge in [-0.15, -0.1) is 0 Å². The number of hydrogen-bond acceptors (Lipinski definition) is 4. The summed E-state index contributed by atoms with van der Waals surface area (Å²) in [5.74, 6) is 0.754. The second kappa shape index (κ2) is 11.2. The molecule has 0 fully saturated rings. The lowest BCUT2D eigenvalue weighted by atomic mass is 9.74. The normalized spacial score (nSPS) is 11.7. The molecule has 0 aromatic heterocycles. The van der Waals surface area contributed by atoms with Gasteiger partial charge in [0.2, 0.25) is 0 Å². The highest BCUT2D eigenvalue weighted by Gasteiger charge is 2.33. The first-order chi connectivity index (χ1) is 14.2. The Labute approximate surface area is 182 Å². The van der Waals surface area contributed by atoms with Crippen molar-refractivity contribution in [3.63, 3.8) is 0 Å². The van der Waals surface area contributed by atoms with E-state index in [9.17, 15) is 4.79 Å². The number of hydrazine groups is 1. The zero-order chi connectivity index (χ0) is 22.1. The van der Waals surface area contributed by atoms with E-state index in [0.29, 0.717) is 24.0 Å². The molecule has 0 saturated heterocycles. The van der Waals surface area contributed by atoms with Crippen LogP contribution in [-0.2, 0) is 4.74 Å². The minimum Gasteiger partial charge on any atom is -0.461 e. The molecule has 164 valence electrons. The molecule has 2 rings (SSSR count). The van der Waals surface area contributed by atoms with Gasteiger partial charge in [0, 0.05) is 17.6 Å². The first-order valence-electron chi connectivity index (χ1n) is 11.0. The van der Waals surface area contributed by atoms with E-state index >= 15 is 0 Å². The van der Waals surface area contributed by atoms with Crippen LogP contribution in [0.4, 0.5) is 5.69 Å². The van der Waals surface area contributed by atoms with Gasteiger partial charge in [-0.25, -0.2) is 10.2 Å². The second-order valence-electron chi connectivity index (χ2n) is 9.48. The number of hydrogen-bond donors (Lipinski definition) is 2. The van der Waals surface area contributed by atoms with Crippen molar-refractivity contribution in [2.24, 2.45) is 17.3 Å². The molecule has 0 amide bonds. The zero-order valence-corrected chi connectivity index (χ0v) is 19.4. The maximum atomic E-state index is 12.6. The Bertz CT molecular complexity index is 770. The van der Waals surface area contributed by atoms with Crippen LogP contribution in [0.5, 0.6) is 0 Å². The minimum atomic E-state index is -0.251. The summed E-state index contributed by atoms with van der Waals surface area (Å²) in [6.07, 6.45) is 1.96. The molecule has 2 aromatic carbocycles. The van der Waals surface area contributed by atoms with E-state index in [1.165, 1.54) is 5.56 Å². The van der Waals surface area contributed by atoms with Gasteiger partial charge < -0.3 is 10.2 Å². The molecule has 4 heteroatoms. The first-order valence-corrected chi connectivity index (χ1v) is 11.0. The largest absolute Gasteiger partial charge is 0.461 e. The smallest absolute Gasteiger partial charge is 0.338 e. The van der Waals surface area contributed by atoms with Crippen LogP contribution in [0.25, 0.3) is 0 Å². The van der Waals surface area contributed by atoms with Crippen LogP contribution in [0.2, 0.25) is 0 Å². The van der Waals surface area contributed by atoms with E-state index < -0.39 is 0 Å². The topological polar surface area (TPSA) is 50.4 Å². The molecule has 0 saturated carbocycles. The number of esters is 1. The summed E-state index contributed by atoms with van der Waals surface area (Å²) in [5, 5.41) is 0. The average Bonchev–Trinajstić information content (AvgIpc) is 2.67. The van der Waals surface area contributed by atoms with Crippen molar-refractivity contribution in [2.45, 2.75) is 54.4 Å². The Morgan fingerprint density at radius 1 is 0.867 bits per heavy atom. The van der Waals surface area contributed by atoms with Gasteiger partial charge in [-0.3, -0.25) is 0 Å². The molecule has 2 N–H and O–H groups in total. The number of carbonyl (C=O) groups is 1. The third-order valence-electron chi connectivity index (χ3n) is 5.23. The van der Waals surface area contributed by atoms with E-state index in [0.717, 1.165) is 30.6 Å². The van der Waals surface area contributed by atoms with Crippen molar-refractivity contribution in [3.8, 4) is 0 Å². The van der Waals surface area contributed by atoms with Crippen molar-refractivity contribution in [2.75, 3.05) is 18.6 Å². The second-order valence-corrected chi connectivity index (χ2v) is 9.48. The number of ether oxygens (including phenoxy) is 1. The molecule has 0 atom stereocenters. The SMILES string of the molecule is Cc1ccc(NNCC(COC(=O)c2ccc(C)cc2)(CC(C)C)CC(C)C)cc1. The summed E-state index contributed by atoms with van der Waals surface area (Å²) in [7, 11) is 0. The summed E-state index contributed by atoms with van der Waals surface area (Å²) < 4.78 is 5.85. The zero-order valence-electron chi connectivity index (χ0n) is 19.4. The van der Waals surface area contributed by atoms with Gasteiger partial charge in [-0.2, -0.15) is 0 Å². The Morgan fingerprint density at radius 3 is 1.87 bits per heavy atom. The van der Waals surface area contributed by atoms with E-state index in [4.69, 9.17) is 4.74 Å². The van der Waals surface area contributed by atoms with Gasteiger partial charge in [0.25, 0.3) is 0 Å². The third kappa shape index (κ3) is 7.83. The highest BCUT2D eigenvalue weighted by Crippen LogP contribution is 2.34. The standard InChI is InChI=1S/C26H38N2O2/c1-19(2)15-26(16-20(3)4,17-27-28-24-13-9-22(6)10-14-24)18-30-25(29)23-11-7-21(5)8-12-23/h7-14,19-20,27-28H,15-18H2,1-6H3. The van der Waals surface area contributed by atoms with E-state index in [1.807, 2.05) is 31.2 Å². The van der Waals surface area contributed by atoms with Crippen LogP contribution in [0.1, 0.15) is 62.0 Å². The predicted octanol–water partition coefficient (Wildman–Crippen LogP) is 6.16. The van der Waals surface area contributed by atoms with Crippen molar-refractivity contribution in [1.29, 1.82) is 0 Å². The molecule has 30 heavy (non-hydrogen) atoms. The van der Waals surface area contributed by atoms with E-state index in [1.54, 1.807) is 0 Å². The van der Waals surface area contributed by atoms with Gasteiger partial charge >= 0.3 is 5.97 Å². The van der Waals surface area contributed by atoms with Crippen molar-refractivity contribution in [1.82, 2.24) is 5.43 Å². The Hall–Kier alpha value is -2.33. The number of aryl methyl sites for hydroxylation is 2. The predicted molar refractivity (Wildman–Crippen MR) is 126 cm³/mol. The number of anilines is 1. The van der Waals surface area contributed by atoms with E-state index in [-0.39, 0.29) is 11.4 Å². The van der Waals surface area contributed by atoms with Crippen LogP contribution in [0.3, 0.4) is 0 Å². The van der Waals surface area contributed by atoms with Gasteiger partial charge in [-0.05, 0) is 62.8 Å². The summed E-state index contributed by atoms with van der Waals surface area (Å²) in [6, 6.07) is 15.9. The molecule has 0 bridgehead atoms. The highest BCUT2D eigenvalue weighted by molar-refractivity contribution is 5.89. The fourth-order valence-corrected chi connectivity index (χ4v) is 4.09. The van der Waals surface area contributed by atoms with Crippen LogP contribution >= 0.6 is 0 Å². The monoisotopic (exact) mass is 410 g/mol. The fourth-order valence-electron chi connectivity index (χ4n) is 4.09. The summed E-state index contributed by atoms with van der Waals surface area (Å²) in [5.41, 5.74) is 10.6. The first kappa shape index (κ1) is 23.9. The molecule has 0 unspecified atom stereocenters. The maximum absolute atomic E-state index is 12.6. The summed E-state index contributed by atoms with van der Waals surface area (Å²) in [6.45, 7) is 14.1. The molecule has 0 heterocycles. The van der Waals surface area contributed by atoms with E-state index in [2.05, 4.69) is 69.7 Å². The molecule has 2 aromatic rings. The Morgan fingerprint density at radius 2 is 1.37 bits per heavy atom. The molecule has 0 spiro atoms. The summed E-state index contributed by atoms with van der Waals surface area (Å²) >= 11 is 0. The lowest BCUT2D eigenvalue weighted by Crippen LogP contribution is -2.43. The number of nitrogens with one attached hydrogen (secondary N) is 2. The van der Waals surface area contributed by atoms with Gasteiger partial charge in [0.05, 0.1) is 12.2 Å². The lowest BCUT2D eigenvalue weighted by Gasteiger charge is -2.36. The molecule has 0 radical (unpaired) electrons. The quantitative estimate of drug-likeness (QED) is 0.344. The molecule has 4 nitrogen and oxygen atoms in total. The Balaban J connectivity index is 2.08. The van der Waals surface area contributed by atoms with Crippen molar-refractivity contribution in [3.05, 3.63) is 65.2 Å². The van der Waals surface area contributed by atoms with Crippen molar-refractivity contribution >= 4 is 11.7 Å². The molecular formula is C26H38N2O2. The number of benzene rings is 2. The highest BCUT2D eigenvalue weighted by atomic mass is 16.5. The molecule has 0 aliphatic rings. The van der Waals surface area contributed by atoms with Crippen LogP contribution < -0.4 is 10.9 Å². The average molecular weight is 411 g/mol. The maximum Gasteiger partial charge on any atom is 0.338 e. The van der Waals surface area contributed by atoms with Crippen LogP contribution in [-0.4, -0.2) is 19.1 Å². The minimum absolute atomic E-state index is 0.139. The number of rotatable bonds is 11. The van der Waals surface area contributed by atoms with Crippen LogP contribution in [0, 0.1) is 31.1 Å². The van der Waals surface area contributed by atoms with Gasteiger partial charge in [-0.1, -0.05) is 63.1 Å². The summed E-state index contributed by atoms with van der Waals surface area (Å²) in [4.78, 5) is 12.6. The van der Waals surface area contributed by atoms with Gasteiger partial charge in [0.15, 0.2) is 0 Å². The number of carbonyl (C=O) groups excluding carboxylic acids is 1. The lowest BCUT2D eigenvalue weighted by molar-refractivity contribution is 0.0166. The van der Waals surface area contributed by atoms with Crippen LogP contribution in [0.15, 0.2) is 48.5 Å². The van der Waals surface area contributed by atoms with Crippen molar-refractivity contribution < 1.29 is 9.53 Å². The Kier molecular flexibility index (Phi) is 8.91. The van der Waals surface area contributed by atoms with Gasteiger partial charge in [0.1, 0.15) is 0 Å².